The summed E-state index contributed by atoms with van der Waals surface area (Å²) in [6.45, 7) is 5.83. The van der Waals surface area contributed by atoms with Crippen LogP contribution in [0.3, 0.4) is 0 Å². The maximum atomic E-state index is 11.4. The summed E-state index contributed by atoms with van der Waals surface area (Å²) < 4.78 is 7.04. The number of aromatic nitrogens is 1. The van der Waals surface area contributed by atoms with Crippen molar-refractivity contribution in [1.29, 1.82) is 0 Å². The third-order valence-electron chi connectivity index (χ3n) is 2.15. The Labute approximate surface area is 102 Å². The highest BCUT2D eigenvalue weighted by molar-refractivity contribution is 5.67. The van der Waals surface area contributed by atoms with Crippen LogP contribution in [-0.4, -0.2) is 22.8 Å². The van der Waals surface area contributed by atoms with E-state index in [1.807, 2.05) is 50.8 Å². The maximum Gasteiger partial charge on any atom is 0.407 e. The second-order valence-electron chi connectivity index (χ2n) is 5.10. The molecule has 3 N–H and O–H groups in total. The molecular weight excluding hydrogens is 218 g/mol. The average Bonchev–Trinajstić information content (AvgIpc) is 2.58. The van der Waals surface area contributed by atoms with E-state index in [2.05, 4.69) is 5.32 Å². The SMILES string of the molecule is Cn1ccc(C(N)CNC(=O)OC(C)(C)C)c1. The summed E-state index contributed by atoms with van der Waals surface area (Å²) in [6.07, 6.45) is 3.41. The molecule has 0 fully saturated rings. The number of nitrogens with two attached hydrogens (primary N) is 1. The summed E-state index contributed by atoms with van der Waals surface area (Å²) in [4.78, 5) is 11.4. The van der Waals surface area contributed by atoms with E-state index in [1.165, 1.54) is 0 Å². The predicted octanol–water partition coefficient (Wildman–Crippen LogP) is 1.55. The van der Waals surface area contributed by atoms with Crippen molar-refractivity contribution in [2.75, 3.05) is 6.54 Å². The van der Waals surface area contributed by atoms with Crippen molar-refractivity contribution in [2.45, 2.75) is 32.4 Å². The molecule has 5 nitrogen and oxygen atoms in total. The summed E-state index contributed by atoms with van der Waals surface area (Å²) >= 11 is 0. The molecule has 96 valence electrons. The maximum absolute atomic E-state index is 11.4. The molecule has 0 spiro atoms. The van der Waals surface area contributed by atoms with Crippen molar-refractivity contribution in [3.63, 3.8) is 0 Å². The van der Waals surface area contributed by atoms with Gasteiger partial charge in [0.05, 0.1) is 0 Å². The Kier molecular flexibility index (Phi) is 4.17. The van der Waals surface area contributed by atoms with E-state index < -0.39 is 11.7 Å². The van der Waals surface area contributed by atoms with Crippen LogP contribution >= 0.6 is 0 Å². The fraction of sp³-hybridized carbons (Fsp3) is 0.583. The molecule has 5 heteroatoms. The van der Waals surface area contributed by atoms with Crippen molar-refractivity contribution in [3.8, 4) is 0 Å². The second kappa shape index (κ2) is 5.23. The number of nitrogens with one attached hydrogen (secondary N) is 1. The molecule has 0 radical (unpaired) electrons. The monoisotopic (exact) mass is 239 g/mol. The Morgan fingerprint density at radius 3 is 2.71 bits per heavy atom. The minimum absolute atomic E-state index is 0.219. The number of aryl methyl sites for hydroxylation is 1. The lowest BCUT2D eigenvalue weighted by Crippen LogP contribution is -2.36. The van der Waals surface area contributed by atoms with E-state index in [0.717, 1.165) is 5.56 Å². The number of rotatable bonds is 3. The van der Waals surface area contributed by atoms with Gasteiger partial charge in [0.2, 0.25) is 0 Å². The van der Waals surface area contributed by atoms with Crippen LogP contribution in [0.5, 0.6) is 0 Å². The first-order chi connectivity index (χ1) is 7.78. The third kappa shape index (κ3) is 4.91. The zero-order valence-corrected chi connectivity index (χ0v) is 10.9. The van der Waals surface area contributed by atoms with E-state index in [1.54, 1.807) is 0 Å². The third-order valence-corrected chi connectivity index (χ3v) is 2.15. The Hall–Kier alpha value is -1.49. The van der Waals surface area contributed by atoms with Gasteiger partial charge < -0.3 is 20.4 Å². The molecule has 1 atom stereocenters. The second-order valence-corrected chi connectivity index (χ2v) is 5.10. The van der Waals surface area contributed by atoms with E-state index in [9.17, 15) is 4.79 Å². The molecule has 0 saturated carbocycles. The molecule has 1 rings (SSSR count). The van der Waals surface area contributed by atoms with Crippen LogP contribution in [0, 0.1) is 0 Å². The predicted molar refractivity (Wildman–Crippen MR) is 66.6 cm³/mol. The molecule has 0 aromatic carbocycles. The van der Waals surface area contributed by atoms with Gasteiger partial charge in [-0.25, -0.2) is 4.79 Å². The van der Waals surface area contributed by atoms with Gasteiger partial charge in [0.1, 0.15) is 5.60 Å². The fourth-order valence-electron chi connectivity index (χ4n) is 1.37. The normalized spacial score (nSPS) is 13.2. The van der Waals surface area contributed by atoms with Crippen LogP contribution in [0.2, 0.25) is 0 Å². The fourth-order valence-corrected chi connectivity index (χ4v) is 1.37. The minimum atomic E-state index is -0.485. The number of alkyl carbamates (subject to hydrolysis) is 1. The number of amides is 1. The first-order valence-electron chi connectivity index (χ1n) is 5.62. The molecule has 1 aromatic heterocycles. The van der Waals surface area contributed by atoms with Crippen molar-refractivity contribution in [3.05, 3.63) is 24.0 Å². The minimum Gasteiger partial charge on any atom is -0.444 e. The molecule has 1 unspecified atom stereocenters. The summed E-state index contributed by atoms with van der Waals surface area (Å²) in [5.41, 5.74) is 6.44. The Morgan fingerprint density at radius 1 is 1.59 bits per heavy atom. The van der Waals surface area contributed by atoms with Crippen LogP contribution in [-0.2, 0) is 11.8 Å². The number of ether oxygens (including phenoxy) is 1. The first-order valence-corrected chi connectivity index (χ1v) is 5.62. The van der Waals surface area contributed by atoms with Gasteiger partial charge >= 0.3 is 6.09 Å². The van der Waals surface area contributed by atoms with E-state index in [0.29, 0.717) is 6.54 Å². The van der Waals surface area contributed by atoms with Crippen LogP contribution in [0.1, 0.15) is 32.4 Å². The highest BCUT2D eigenvalue weighted by atomic mass is 16.6. The van der Waals surface area contributed by atoms with Crippen molar-refractivity contribution in [2.24, 2.45) is 12.8 Å². The summed E-state index contributed by atoms with van der Waals surface area (Å²) in [6, 6.07) is 1.71. The van der Waals surface area contributed by atoms with Crippen LogP contribution in [0.25, 0.3) is 0 Å². The number of hydrogen-bond donors (Lipinski definition) is 2. The Bertz CT molecular complexity index is 379. The molecule has 1 amide bonds. The first kappa shape index (κ1) is 13.6. The lowest BCUT2D eigenvalue weighted by atomic mass is 10.1. The highest BCUT2D eigenvalue weighted by Crippen LogP contribution is 2.10. The van der Waals surface area contributed by atoms with Crippen molar-refractivity contribution < 1.29 is 9.53 Å². The van der Waals surface area contributed by atoms with Gasteiger partial charge in [0.15, 0.2) is 0 Å². The topological polar surface area (TPSA) is 69.3 Å². The highest BCUT2D eigenvalue weighted by Gasteiger charge is 2.16. The van der Waals surface area contributed by atoms with Gasteiger partial charge in [-0.2, -0.15) is 0 Å². The van der Waals surface area contributed by atoms with Crippen molar-refractivity contribution >= 4 is 6.09 Å². The zero-order chi connectivity index (χ0) is 13.1. The molecule has 0 aliphatic heterocycles. The number of carbonyl (C=O) groups excluding carboxylic acids is 1. The van der Waals surface area contributed by atoms with E-state index >= 15 is 0 Å². The van der Waals surface area contributed by atoms with Gasteiger partial charge in [0.25, 0.3) is 0 Å². The quantitative estimate of drug-likeness (QED) is 0.840. The van der Waals surface area contributed by atoms with Gasteiger partial charge in [-0.05, 0) is 32.4 Å². The molecular formula is C12H21N3O2. The van der Waals surface area contributed by atoms with Gasteiger partial charge in [-0.3, -0.25) is 0 Å². The van der Waals surface area contributed by atoms with E-state index in [4.69, 9.17) is 10.5 Å². The lowest BCUT2D eigenvalue weighted by molar-refractivity contribution is 0.0524. The largest absolute Gasteiger partial charge is 0.444 e. The summed E-state index contributed by atoms with van der Waals surface area (Å²) in [5.74, 6) is 0. The number of nitrogens with zero attached hydrogens (tertiary/aromatic N) is 1. The molecule has 1 heterocycles. The van der Waals surface area contributed by atoms with Crippen molar-refractivity contribution in [1.82, 2.24) is 9.88 Å². The van der Waals surface area contributed by atoms with Crippen LogP contribution in [0.4, 0.5) is 4.79 Å². The molecule has 1 aromatic rings. The Morgan fingerprint density at radius 2 is 2.24 bits per heavy atom. The lowest BCUT2D eigenvalue weighted by Gasteiger charge is -2.20. The summed E-state index contributed by atoms with van der Waals surface area (Å²) in [5, 5.41) is 2.65. The Balaban J connectivity index is 2.38. The molecule has 0 aliphatic carbocycles. The summed E-state index contributed by atoms with van der Waals surface area (Å²) in [7, 11) is 1.93. The molecule has 0 bridgehead atoms. The average molecular weight is 239 g/mol. The van der Waals surface area contributed by atoms with Gasteiger partial charge in [-0.15, -0.1) is 0 Å². The molecule has 0 aliphatic rings. The van der Waals surface area contributed by atoms with Gasteiger partial charge in [-0.1, -0.05) is 0 Å². The molecule has 17 heavy (non-hydrogen) atoms. The van der Waals surface area contributed by atoms with Gasteiger partial charge in [0, 0.05) is 32.0 Å². The number of hydrogen-bond acceptors (Lipinski definition) is 3. The standard InChI is InChI=1S/C12H21N3O2/c1-12(2,3)17-11(16)14-7-10(13)9-5-6-15(4)8-9/h5-6,8,10H,7,13H2,1-4H3,(H,14,16). The number of carbonyl (C=O) groups is 1. The molecule has 0 saturated heterocycles. The van der Waals surface area contributed by atoms with E-state index in [-0.39, 0.29) is 6.04 Å². The van der Waals surface area contributed by atoms with Crippen LogP contribution in [0.15, 0.2) is 18.5 Å². The van der Waals surface area contributed by atoms with Crippen LogP contribution < -0.4 is 11.1 Å². The zero-order valence-electron chi connectivity index (χ0n) is 10.9. The smallest absolute Gasteiger partial charge is 0.407 e.